The summed E-state index contributed by atoms with van der Waals surface area (Å²) in [5.41, 5.74) is -0.493. The topological polar surface area (TPSA) is 66.5 Å². The predicted octanol–water partition coefficient (Wildman–Crippen LogP) is 4.04. The van der Waals surface area contributed by atoms with Crippen LogP contribution in [0.3, 0.4) is 0 Å². The number of amides is 1. The zero-order valence-corrected chi connectivity index (χ0v) is 17.3. The Morgan fingerprint density at radius 1 is 1.17 bits per heavy atom. The van der Waals surface area contributed by atoms with Gasteiger partial charge in [0.1, 0.15) is 6.54 Å². The number of nitrogens with zero attached hydrogens (tertiary/aromatic N) is 1. The van der Waals surface area contributed by atoms with E-state index in [0.29, 0.717) is 10.4 Å². The number of halogens is 4. The van der Waals surface area contributed by atoms with Gasteiger partial charge in [-0.15, -0.1) is 0 Å². The number of anilines is 1. The fraction of sp³-hybridized carbons (Fsp3) is 0.316. The van der Waals surface area contributed by atoms with Gasteiger partial charge in [0, 0.05) is 6.54 Å². The summed E-state index contributed by atoms with van der Waals surface area (Å²) in [6.07, 6.45) is -3.89. The highest BCUT2D eigenvalue weighted by Crippen LogP contribution is 2.36. The first kappa shape index (κ1) is 23.0. The number of benzene rings is 2. The molecule has 29 heavy (non-hydrogen) atoms. The minimum atomic E-state index is -4.68. The summed E-state index contributed by atoms with van der Waals surface area (Å²) in [6, 6.07) is 11.7. The highest BCUT2D eigenvalue weighted by Gasteiger charge is 2.33. The fourth-order valence-electron chi connectivity index (χ4n) is 2.61. The van der Waals surface area contributed by atoms with Crippen LogP contribution in [0.15, 0.2) is 48.5 Å². The first-order valence-corrected chi connectivity index (χ1v) is 10.8. The lowest BCUT2D eigenvalue weighted by atomic mass is 10.0. The number of rotatable bonds is 7. The number of sulfonamides is 1. The molecule has 0 fully saturated rings. The van der Waals surface area contributed by atoms with E-state index < -0.39 is 39.9 Å². The number of carbonyl (C=O) groups excluding carboxylic acids is 1. The summed E-state index contributed by atoms with van der Waals surface area (Å²) in [5, 5.41) is 2.39. The molecule has 1 atom stereocenters. The number of hydrogen-bond acceptors (Lipinski definition) is 3. The maximum Gasteiger partial charge on any atom is 0.416 e. The molecule has 2 aromatic carbocycles. The summed E-state index contributed by atoms with van der Waals surface area (Å²) in [5.74, 6) is -0.698. The van der Waals surface area contributed by atoms with Crippen molar-refractivity contribution in [2.24, 2.45) is 0 Å². The van der Waals surface area contributed by atoms with Crippen molar-refractivity contribution in [3.05, 3.63) is 64.7 Å². The molecule has 0 aromatic heterocycles. The normalized spacial score (nSPS) is 13.0. The van der Waals surface area contributed by atoms with Gasteiger partial charge in [-0.05, 0) is 29.7 Å². The third-order valence-corrected chi connectivity index (χ3v) is 5.65. The van der Waals surface area contributed by atoms with Crippen LogP contribution in [0.25, 0.3) is 0 Å². The van der Waals surface area contributed by atoms with Gasteiger partial charge in [0.25, 0.3) is 0 Å². The molecule has 0 spiro atoms. The molecule has 2 aromatic rings. The van der Waals surface area contributed by atoms with Crippen molar-refractivity contribution < 1.29 is 26.4 Å². The van der Waals surface area contributed by atoms with Crippen LogP contribution >= 0.6 is 11.6 Å². The summed E-state index contributed by atoms with van der Waals surface area (Å²) in [6.45, 7) is 1.42. The van der Waals surface area contributed by atoms with Gasteiger partial charge >= 0.3 is 6.18 Å². The van der Waals surface area contributed by atoms with Crippen LogP contribution in [-0.2, 0) is 21.0 Å². The molecule has 158 valence electrons. The second kappa shape index (κ2) is 9.04. The monoisotopic (exact) mass is 448 g/mol. The lowest BCUT2D eigenvalue weighted by Gasteiger charge is -2.24. The maximum atomic E-state index is 13.0. The van der Waals surface area contributed by atoms with Crippen molar-refractivity contribution in [2.75, 3.05) is 23.7 Å². The van der Waals surface area contributed by atoms with Crippen LogP contribution in [0, 0.1) is 0 Å². The van der Waals surface area contributed by atoms with Crippen LogP contribution in [0.1, 0.15) is 24.0 Å². The Morgan fingerprint density at radius 2 is 1.79 bits per heavy atom. The van der Waals surface area contributed by atoms with E-state index in [1.807, 2.05) is 37.3 Å². The molecular formula is C19H20ClF3N2O3S. The number of alkyl halides is 3. The molecule has 0 heterocycles. The first-order valence-electron chi connectivity index (χ1n) is 8.55. The highest BCUT2D eigenvalue weighted by molar-refractivity contribution is 7.92. The molecule has 0 bridgehead atoms. The lowest BCUT2D eigenvalue weighted by molar-refractivity contribution is -0.137. The number of hydrogen-bond donors (Lipinski definition) is 1. The Bertz CT molecular complexity index is 966. The average molecular weight is 449 g/mol. The summed E-state index contributed by atoms with van der Waals surface area (Å²) in [7, 11) is -4.07. The smallest absolute Gasteiger partial charge is 0.354 e. The second-order valence-electron chi connectivity index (χ2n) is 6.55. The van der Waals surface area contributed by atoms with Crippen LogP contribution in [0.2, 0.25) is 5.02 Å². The van der Waals surface area contributed by atoms with Gasteiger partial charge in [0.05, 0.1) is 22.5 Å². The van der Waals surface area contributed by atoms with E-state index in [2.05, 4.69) is 5.32 Å². The first-order chi connectivity index (χ1) is 13.4. The summed E-state index contributed by atoms with van der Waals surface area (Å²) < 4.78 is 63.9. The average Bonchev–Trinajstić information content (AvgIpc) is 2.63. The van der Waals surface area contributed by atoms with E-state index in [1.54, 1.807) is 0 Å². The standard InChI is InChI=1S/C19H20ClF3N2O3S/c1-13(14-6-4-3-5-7-14)11-24-18(26)12-25(29(2,27)28)17-10-15(19(21,22)23)8-9-16(17)20/h3-10,13H,11-12H2,1-2H3,(H,24,26)/t13-/m0/s1. The minimum absolute atomic E-state index is 0.0380. The van der Waals surface area contributed by atoms with E-state index in [-0.39, 0.29) is 17.5 Å². The molecule has 0 radical (unpaired) electrons. The van der Waals surface area contributed by atoms with E-state index in [9.17, 15) is 26.4 Å². The summed E-state index contributed by atoms with van der Waals surface area (Å²) in [4.78, 5) is 12.3. The molecule has 0 saturated carbocycles. The Balaban J connectivity index is 2.19. The molecule has 1 amide bonds. The predicted molar refractivity (Wildman–Crippen MR) is 107 cm³/mol. The van der Waals surface area contributed by atoms with Gasteiger partial charge < -0.3 is 5.32 Å². The third-order valence-electron chi connectivity index (χ3n) is 4.20. The number of nitrogens with one attached hydrogen (secondary N) is 1. The largest absolute Gasteiger partial charge is 0.416 e. The van der Waals surface area contributed by atoms with Gasteiger partial charge in [0.2, 0.25) is 15.9 Å². The Kier molecular flexibility index (Phi) is 7.18. The molecule has 1 N–H and O–H groups in total. The Hall–Kier alpha value is -2.26. The van der Waals surface area contributed by atoms with E-state index in [1.165, 1.54) is 0 Å². The Morgan fingerprint density at radius 3 is 2.34 bits per heavy atom. The van der Waals surface area contributed by atoms with Crippen molar-refractivity contribution in [3.8, 4) is 0 Å². The van der Waals surface area contributed by atoms with Crippen molar-refractivity contribution in [3.63, 3.8) is 0 Å². The van der Waals surface area contributed by atoms with E-state index >= 15 is 0 Å². The van der Waals surface area contributed by atoms with Crippen LogP contribution in [-0.4, -0.2) is 33.7 Å². The van der Waals surface area contributed by atoms with E-state index in [0.717, 1.165) is 24.0 Å². The molecule has 0 saturated heterocycles. The van der Waals surface area contributed by atoms with Crippen LogP contribution < -0.4 is 9.62 Å². The molecule has 2 rings (SSSR count). The third kappa shape index (κ3) is 6.37. The zero-order chi connectivity index (χ0) is 21.8. The van der Waals surface area contributed by atoms with Crippen molar-refractivity contribution in [1.82, 2.24) is 5.32 Å². The second-order valence-corrected chi connectivity index (χ2v) is 8.86. The van der Waals surface area contributed by atoms with Crippen molar-refractivity contribution >= 4 is 33.2 Å². The summed E-state index contributed by atoms with van der Waals surface area (Å²) >= 11 is 5.93. The quantitative estimate of drug-likeness (QED) is 0.695. The van der Waals surface area contributed by atoms with Crippen molar-refractivity contribution in [2.45, 2.75) is 19.0 Å². The molecule has 0 unspecified atom stereocenters. The molecule has 0 aliphatic heterocycles. The van der Waals surface area contributed by atoms with Gasteiger partial charge in [-0.1, -0.05) is 48.9 Å². The minimum Gasteiger partial charge on any atom is -0.354 e. The van der Waals surface area contributed by atoms with Gasteiger partial charge in [-0.3, -0.25) is 9.10 Å². The van der Waals surface area contributed by atoms with E-state index in [4.69, 9.17) is 11.6 Å². The van der Waals surface area contributed by atoms with Crippen molar-refractivity contribution in [1.29, 1.82) is 0 Å². The zero-order valence-electron chi connectivity index (χ0n) is 15.7. The molecule has 0 aliphatic rings. The SMILES string of the molecule is C[C@@H](CNC(=O)CN(c1cc(C(F)(F)F)ccc1Cl)S(C)(=O)=O)c1ccccc1. The molecule has 10 heteroatoms. The Labute approximate surface area is 172 Å². The van der Waals surface area contributed by atoms with Gasteiger partial charge in [0.15, 0.2) is 0 Å². The molecule has 5 nitrogen and oxygen atoms in total. The van der Waals surface area contributed by atoms with Crippen LogP contribution in [0.5, 0.6) is 0 Å². The maximum absolute atomic E-state index is 13.0. The van der Waals surface area contributed by atoms with Gasteiger partial charge in [-0.2, -0.15) is 13.2 Å². The lowest BCUT2D eigenvalue weighted by Crippen LogP contribution is -2.41. The highest BCUT2D eigenvalue weighted by atomic mass is 35.5. The fourth-order valence-corrected chi connectivity index (χ4v) is 3.74. The number of carbonyl (C=O) groups is 1. The van der Waals surface area contributed by atoms with Gasteiger partial charge in [-0.25, -0.2) is 8.42 Å². The molecule has 0 aliphatic carbocycles. The molecular weight excluding hydrogens is 429 g/mol. The van der Waals surface area contributed by atoms with Crippen LogP contribution in [0.4, 0.5) is 18.9 Å².